The van der Waals surface area contributed by atoms with Crippen molar-refractivity contribution in [1.29, 1.82) is 0 Å². The standard InChI is InChI=1S/C16H23N5O2/c1-3-4-6-20-7-5-16(10-20)11-21-14(9-22-16)17-18-15(21)13-8-12(2)19-23-13/h8H,3-7,9-11H2,1-2H3. The fourth-order valence-electron chi connectivity index (χ4n) is 3.56. The Hall–Kier alpha value is -1.73. The Kier molecular flexibility index (Phi) is 3.69. The molecular formula is C16H23N5O2. The Morgan fingerprint density at radius 1 is 1.30 bits per heavy atom. The van der Waals surface area contributed by atoms with Crippen molar-refractivity contribution < 1.29 is 9.26 Å². The van der Waals surface area contributed by atoms with Crippen molar-refractivity contribution in [3.8, 4) is 11.6 Å². The summed E-state index contributed by atoms with van der Waals surface area (Å²) in [7, 11) is 0. The monoisotopic (exact) mass is 317 g/mol. The first-order valence-electron chi connectivity index (χ1n) is 8.41. The molecule has 7 heteroatoms. The zero-order valence-electron chi connectivity index (χ0n) is 13.8. The highest BCUT2D eigenvalue weighted by Gasteiger charge is 2.43. The second-order valence-corrected chi connectivity index (χ2v) is 6.71. The molecule has 0 bridgehead atoms. The number of ether oxygens (including phenoxy) is 1. The van der Waals surface area contributed by atoms with Crippen LogP contribution in [-0.2, 0) is 17.9 Å². The third-order valence-corrected chi connectivity index (χ3v) is 4.85. The maximum atomic E-state index is 6.21. The molecule has 0 aliphatic carbocycles. The Balaban J connectivity index is 1.56. The number of aryl methyl sites for hydroxylation is 1. The summed E-state index contributed by atoms with van der Waals surface area (Å²) in [5, 5.41) is 12.5. The van der Waals surface area contributed by atoms with E-state index in [-0.39, 0.29) is 5.60 Å². The summed E-state index contributed by atoms with van der Waals surface area (Å²) in [5.41, 5.74) is 0.734. The molecule has 1 fully saturated rings. The third-order valence-electron chi connectivity index (χ3n) is 4.85. The zero-order valence-corrected chi connectivity index (χ0v) is 13.8. The summed E-state index contributed by atoms with van der Waals surface area (Å²) in [6.45, 7) is 8.69. The Morgan fingerprint density at radius 2 is 2.22 bits per heavy atom. The summed E-state index contributed by atoms with van der Waals surface area (Å²) in [4.78, 5) is 2.51. The molecule has 1 spiro atoms. The summed E-state index contributed by atoms with van der Waals surface area (Å²) in [6, 6.07) is 1.90. The maximum absolute atomic E-state index is 6.21. The second kappa shape index (κ2) is 5.72. The van der Waals surface area contributed by atoms with E-state index in [0.29, 0.717) is 12.4 Å². The lowest BCUT2D eigenvalue weighted by atomic mass is 10.0. The van der Waals surface area contributed by atoms with Gasteiger partial charge in [-0.1, -0.05) is 18.5 Å². The topological polar surface area (TPSA) is 69.2 Å². The fourth-order valence-corrected chi connectivity index (χ4v) is 3.56. The summed E-state index contributed by atoms with van der Waals surface area (Å²) in [5.74, 6) is 2.31. The minimum absolute atomic E-state index is 0.118. The first-order chi connectivity index (χ1) is 11.2. The van der Waals surface area contributed by atoms with Gasteiger partial charge in [-0.2, -0.15) is 0 Å². The maximum Gasteiger partial charge on any atom is 0.204 e. The number of fused-ring (bicyclic) bond motifs is 1. The predicted octanol–water partition coefficient (Wildman–Crippen LogP) is 2.02. The zero-order chi connectivity index (χ0) is 15.9. The molecule has 124 valence electrons. The molecule has 7 nitrogen and oxygen atoms in total. The molecule has 0 radical (unpaired) electrons. The number of unbranched alkanes of at least 4 members (excludes halogenated alkanes) is 1. The Morgan fingerprint density at radius 3 is 3.00 bits per heavy atom. The van der Waals surface area contributed by atoms with E-state index in [1.54, 1.807) is 0 Å². The SMILES string of the molecule is CCCCN1CCC2(C1)Cn1c(nnc1-c1cc(C)no1)CO2. The number of hydrogen-bond acceptors (Lipinski definition) is 6. The van der Waals surface area contributed by atoms with Crippen LogP contribution in [0.15, 0.2) is 10.6 Å². The van der Waals surface area contributed by atoms with Gasteiger partial charge in [-0.25, -0.2) is 0 Å². The average Bonchev–Trinajstić information content (AvgIpc) is 3.24. The molecule has 1 unspecified atom stereocenters. The summed E-state index contributed by atoms with van der Waals surface area (Å²) >= 11 is 0. The largest absolute Gasteiger partial charge is 0.364 e. The lowest BCUT2D eigenvalue weighted by Gasteiger charge is -2.34. The van der Waals surface area contributed by atoms with Crippen molar-refractivity contribution in [3.05, 3.63) is 17.6 Å². The van der Waals surface area contributed by atoms with Crippen LogP contribution in [0.4, 0.5) is 0 Å². The second-order valence-electron chi connectivity index (χ2n) is 6.71. The van der Waals surface area contributed by atoms with Crippen molar-refractivity contribution in [2.45, 2.75) is 51.9 Å². The molecule has 0 aromatic carbocycles. The van der Waals surface area contributed by atoms with Crippen molar-refractivity contribution in [2.75, 3.05) is 19.6 Å². The molecule has 4 heterocycles. The molecule has 1 saturated heterocycles. The average molecular weight is 317 g/mol. The lowest BCUT2D eigenvalue weighted by molar-refractivity contribution is -0.0819. The summed E-state index contributed by atoms with van der Waals surface area (Å²) < 4.78 is 13.7. The van der Waals surface area contributed by atoms with Crippen LogP contribution in [0.25, 0.3) is 11.6 Å². The molecule has 4 rings (SSSR count). The van der Waals surface area contributed by atoms with E-state index in [4.69, 9.17) is 9.26 Å². The van der Waals surface area contributed by atoms with Gasteiger partial charge in [0.25, 0.3) is 0 Å². The Labute approximate surface area is 135 Å². The van der Waals surface area contributed by atoms with Crippen LogP contribution in [0.3, 0.4) is 0 Å². The van der Waals surface area contributed by atoms with Crippen molar-refractivity contribution >= 4 is 0 Å². The van der Waals surface area contributed by atoms with Crippen LogP contribution in [0.1, 0.15) is 37.7 Å². The normalized spacial score (nSPS) is 24.4. The van der Waals surface area contributed by atoms with Gasteiger partial charge in [-0.05, 0) is 26.3 Å². The van der Waals surface area contributed by atoms with Gasteiger partial charge in [-0.3, -0.25) is 0 Å². The van der Waals surface area contributed by atoms with E-state index >= 15 is 0 Å². The van der Waals surface area contributed by atoms with E-state index in [9.17, 15) is 0 Å². The van der Waals surface area contributed by atoms with Crippen molar-refractivity contribution in [1.82, 2.24) is 24.8 Å². The first-order valence-corrected chi connectivity index (χ1v) is 8.41. The Bertz CT molecular complexity index is 694. The molecule has 0 amide bonds. The van der Waals surface area contributed by atoms with Crippen LogP contribution in [0.2, 0.25) is 0 Å². The van der Waals surface area contributed by atoms with Crippen molar-refractivity contribution in [3.63, 3.8) is 0 Å². The number of hydrogen-bond donors (Lipinski definition) is 0. The van der Waals surface area contributed by atoms with Crippen molar-refractivity contribution in [2.24, 2.45) is 0 Å². The van der Waals surface area contributed by atoms with Gasteiger partial charge in [-0.15, -0.1) is 10.2 Å². The third kappa shape index (κ3) is 2.68. The molecule has 2 aromatic rings. The molecule has 2 aliphatic rings. The molecule has 0 saturated carbocycles. The highest BCUT2D eigenvalue weighted by molar-refractivity contribution is 5.47. The smallest absolute Gasteiger partial charge is 0.204 e. The van der Waals surface area contributed by atoms with Gasteiger partial charge in [0.05, 0.1) is 12.2 Å². The molecule has 0 N–H and O–H groups in total. The molecule has 1 atom stereocenters. The van der Waals surface area contributed by atoms with E-state index in [2.05, 4.69) is 31.7 Å². The van der Waals surface area contributed by atoms with E-state index < -0.39 is 0 Å². The fraction of sp³-hybridized carbons (Fsp3) is 0.688. The molecule has 2 aromatic heterocycles. The van der Waals surface area contributed by atoms with Gasteiger partial charge < -0.3 is 18.7 Å². The predicted molar refractivity (Wildman–Crippen MR) is 83.7 cm³/mol. The van der Waals surface area contributed by atoms with Gasteiger partial charge >= 0.3 is 0 Å². The number of nitrogens with zero attached hydrogens (tertiary/aromatic N) is 5. The molecular weight excluding hydrogens is 294 g/mol. The molecule has 23 heavy (non-hydrogen) atoms. The van der Waals surface area contributed by atoms with Crippen LogP contribution in [0, 0.1) is 6.92 Å². The van der Waals surface area contributed by atoms with Gasteiger partial charge in [0, 0.05) is 19.2 Å². The highest BCUT2D eigenvalue weighted by atomic mass is 16.5. The summed E-state index contributed by atoms with van der Waals surface area (Å²) in [6.07, 6.45) is 3.54. The lowest BCUT2D eigenvalue weighted by Crippen LogP contribution is -2.44. The van der Waals surface area contributed by atoms with Gasteiger partial charge in [0.2, 0.25) is 11.6 Å². The van der Waals surface area contributed by atoms with Gasteiger partial charge in [0.15, 0.2) is 5.82 Å². The number of aromatic nitrogens is 4. The minimum Gasteiger partial charge on any atom is -0.364 e. The van der Waals surface area contributed by atoms with Crippen LogP contribution >= 0.6 is 0 Å². The molecule has 2 aliphatic heterocycles. The van der Waals surface area contributed by atoms with E-state index in [0.717, 1.165) is 49.9 Å². The number of likely N-dealkylation sites (tertiary alicyclic amines) is 1. The first kappa shape index (κ1) is 14.8. The quantitative estimate of drug-likeness (QED) is 0.859. The van der Waals surface area contributed by atoms with E-state index in [1.807, 2.05) is 13.0 Å². The highest BCUT2D eigenvalue weighted by Crippen LogP contribution is 2.34. The van der Waals surface area contributed by atoms with Crippen LogP contribution in [0.5, 0.6) is 0 Å². The number of rotatable bonds is 4. The van der Waals surface area contributed by atoms with E-state index in [1.165, 1.54) is 12.8 Å². The van der Waals surface area contributed by atoms with Gasteiger partial charge in [0.1, 0.15) is 12.2 Å². The van der Waals surface area contributed by atoms with Crippen LogP contribution in [-0.4, -0.2) is 50.1 Å². The van der Waals surface area contributed by atoms with Crippen LogP contribution < -0.4 is 0 Å². The minimum atomic E-state index is -0.118.